The highest BCUT2D eigenvalue weighted by Gasteiger charge is 2.43. The number of rotatable bonds is 8. The maximum absolute atomic E-state index is 13.9. The van der Waals surface area contributed by atoms with Crippen molar-refractivity contribution in [1.82, 2.24) is 0 Å². The van der Waals surface area contributed by atoms with Gasteiger partial charge in [0, 0.05) is 69.5 Å². The lowest BCUT2D eigenvalue weighted by Gasteiger charge is -2.39. The predicted octanol–water partition coefficient (Wildman–Crippen LogP) is 7.92. The first-order chi connectivity index (χ1) is 19.3. The van der Waals surface area contributed by atoms with Crippen LogP contribution in [0, 0.1) is 5.82 Å². The number of hydrogen-bond acceptors (Lipinski definition) is 5. The van der Waals surface area contributed by atoms with E-state index in [0.717, 1.165) is 52.0 Å². The van der Waals surface area contributed by atoms with E-state index in [9.17, 15) is 4.39 Å². The van der Waals surface area contributed by atoms with Gasteiger partial charge < -0.3 is 14.7 Å². The molecule has 0 saturated heterocycles. The van der Waals surface area contributed by atoms with Gasteiger partial charge in [0.15, 0.2) is 0 Å². The third kappa shape index (κ3) is 5.08. The number of aliphatic imine (C=N–C) groups is 1. The molecule has 0 saturated carbocycles. The Morgan fingerprint density at radius 2 is 1.18 bits per heavy atom. The number of thioether (sulfide) groups is 1. The Morgan fingerprint density at radius 3 is 1.65 bits per heavy atom. The number of benzene rings is 4. The van der Waals surface area contributed by atoms with E-state index in [1.807, 2.05) is 12.1 Å². The Bertz CT molecular complexity index is 1440. The van der Waals surface area contributed by atoms with Crippen molar-refractivity contribution in [3.8, 4) is 0 Å². The van der Waals surface area contributed by atoms with Gasteiger partial charge in [0.1, 0.15) is 10.9 Å². The van der Waals surface area contributed by atoms with Crippen LogP contribution in [0.1, 0.15) is 36.1 Å². The van der Waals surface area contributed by atoms with E-state index in [-0.39, 0.29) is 5.82 Å². The molecule has 0 N–H and O–H groups in total. The average molecular weight is 553 g/mol. The Kier molecular flexibility index (Phi) is 7.90. The summed E-state index contributed by atoms with van der Waals surface area (Å²) < 4.78 is 13.4. The molecule has 40 heavy (non-hydrogen) atoms. The second kappa shape index (κ2) is 11.4. The fourth-order valence-electron chi connectivity index (χ4n) is 5.33. The van der Waals surface area contributed by atoms with Crippen molar-refractivity contribution in [1.29, 1.82) is 0 Å². The Morgan fingerprint density at radius 1 is 0.675 bits per heavy atom. The minimum absolute atomic E-state index is 0.251. The van der Waals surface area contributed by atoms with Crippen LogP contribution in [0.3, 0.4) is 0 Å². The van der Waals surface area contributed by atoms with Crippen molar-refractivity contribution in [2.75, 3.05) is 56.0 Å². The van der Waals surface area contributed by atoms with Crippen molar-refractivity contribution in [3.63, 3.8) is 0 Å². The Hall–Kier alpha value is -3.77. The molecule has 5 rings (SSSR count). The standard InChI is InChI=1S/C34H37FN4S/c1-7-39(8-2)30-21-22-31-32(23-30)36-33(24-9-15-27(35)16-10-24)40-34(31,25-11-17-28(18-12-25)37(3)4)26-13-19-29(20-14-26)38(5)6/h9-23H,7-8H2,1-6H3. The smallest absolute Gasteiger partial charge is 0.123 e. The Labute approximate surface area is 242 Å². The summed E-state index contributed by atoms with van der Waals surface area (Å²) >= 11 is 1.73. The zero-order valence-electron chi connectivity index (χ0n) is 24.1. The molecule has 4 nitrogen and oxygen atoms in total. The van der Waals surface area contributed by atoms with Crippen LogP contribution in [0.15, 0.2) is 96.0 Å². The normalized spacial score (nSPS) is 13.8. The van der Waals surface area contributed by atoms with Crippen molar-refractivity contribution >= 4 is 39.6 Å². The topological polar surface area (TPSA) is 22.1 Å². The van der Waals surface area contributed by atoms with E-state index >= 15 is 0 Å². The van der Waals surface area contributed by atoms with Gasteiger partial charge in [-0.05, 0) is 85.6 Å². The third-order valence-electron chi connectivity index (χ3n) is 7.63. The van der Waals surface area contributed by atoms with Gasteiger partial charge in [-0.25, -0.2) is 9.38 Å². The molecule has 0 unspecified atom stereocenters. The van der Waals surface area contributed by atoms with Crippen molar-refractivity contribution in [3.05, 3.63) is 119 Å². The van der Waals surface area contributed by atoms with E-state index in [4.69, 9.17) is 4.99 Å². The monoisotopic (exact) mass is 552 g/mol. The number of nitrogens with zero attached hydrogens (tertiary/aromatic N) is 4. The molecule has 0 aromatic heterocycles. The quantitative estimate of drug-likeness (QED) is 0.221. The van der Waals surface area contributed by atoms with Gasteiger partial charge >= 0.3 is 0 Å². The Balaban J connectivity index is 1.80. The molecular formula is C34H37FN4S. The van der Waals surface area contributed by atoms with Gasteiger partial charge in [0.05, 0.1) is 10.4 Å². The molecule has 1 aliphatic heterocycles. The molecule has 206 valence electrons. The predicted molar refractivity (Wildman–Crippen MR) is 172 cm³/mol. The lowest BCUT2D eigenvalue weighted by molar-refractivity contribution is 0.628. The van der Waals surface area contributed by atoms with Crippen molar-refractivity contribution in [2.24, 2.45) is 4.99 Å². The summed E-state index contributed by atoms with van der Waals surface area (Å²) in [5.74, 6) is -0.251. The summed E-state index contributed by atoms with van der Waals surface area (Å²) in [4.78, 5) is 11.8. The minimum Gasteiger partial charge on any atom is -0.378 e. The van der Waals surface area contributed by atoms with Crippen LogP contribution in [-0.2, 0) is 4.75 Å². The highest BCUT2D eigenvalue weighted by molar-refractivity contribution is 8.15. The van der Waals surface area contributed by atoms with Gasteiger partial charge in [0.2, 0.25) is 0 Å². The summed E-state index contributed by atoms with van der Waals surface area (Å²) in [6.45, 7) is 6.19. The van der Waals surface area contributed by atoms with Crippen LogP contribution in [0.4, 0.5) is 27.1 Å². The van der Waals surface area contributed by atoms with Crippen LogP contribution in [0.2, 0.25) is 0 Å². The van der Waals surface area contributed by atoms with E-state index in [0.29, 0.717) is 0 Å². The van der Waals surface area contributed by atoms with Gasteiger partial charge in [-0.2, -0.15) is 0 Å². The molecule has 0 aliphatic carbocycles. The summed E-state index contributed by atoms with van der Waals surface area (Å²) in [5, 5.41) is 0.873. The highest BCUT2D eigenvalue weighted by Crippen LogP contribution is 2.56. The molecule has 1 heterocycles. The fourth-order valence-corrected chi connectivity index (χ4v) is 6.81. The molecule has 0 amide bonds. The summed E-state index contributed by atoms with van der Waals surface area (Å²) in [6.07, 6.45) is 0. The van der Waals surface area contributed by atoms with Crippen LogP contribution in [0.25, 0.3) is 0 Å². The molecule has 0 bridgehead atoms. The molecule has 0 spiro atoms. The van der Waals surface area contributed by atoms with E-state index in [1.165, 1.54) is 23.3 Å². The van der Waals surface area contributed by atoms with Crippen molar-refractivity contribution < 1.29 is 4.39 Å². The summed E-state index contributed by atoms with van der Waals surface area (Å²) in [5.41, 5.74) is 8.78. The van der Waals surface area contributed by atoms with Gasteiger partial charge in [-0.1, -0.05) is 42.1 Å². The molecule has 0 atom stereocenters. The molecule has 0 fully saturated rings. The van der Waals surface area contributed by atoms with E-state index in [2.05, 4.69) is 123 Å². The first kappa shape index (κ1) is 27.8. The first-order valence-corrected chi connectivity index (χ1v) is 14.6. The SMILES string of the molecule is CCN(CC)c1ccc2c(c1)N=C(c1ccc(F)cc1)SC2(c1ccc(N(C)C)cc1)c1ccc(N(C)C)cc1. The number of halogens is 1. The summed E-state index contributed by atoms with van der Waals surface area (Å²) in [7, 11) is 8.24. The van der Waals surface area contributed by atoms with Gasteiger partial charge in [-0.3, -0.25) is 0 Å². The van der Waals surface area contributed by atoms with Crippen LogP contribution < -0.4 is 14.7 Å². The number of hydrogen-bond donors (Lipinski definition) is 0. The zero-order chi connectivity index (χ0) is 28.4. The van der Waals surface area contributed by atoms with Crippen LogP contribution in [0.5, 0.6) is 0 Å². The second-order valence-electron chi connectivity index (χ2n) is 10.5. The molecular weight excluding hydrogens is 515 g/mol. The number of fused-ring (bicyclic) bond motifs is 1. The van der Waals surface area contributed by atoms with Gasteiger partial charge in [0.25, 0.3) is 0 Å². The molecule has 1 aliphatic rings. The van der Waals surface area contributed by atoms with E-state index in [1.54, 1.807) is 11.8 Å². The molecule has 6 heteroatoms. The van der Waals surface area contributed by atoms with Crippen LogP contribution >= 0.6 is 11.8 Å². The maximum atomic E-state index is 13.9. The number of anilines is 3. The first-order valence-electron chi connectivity index (χ1n) is 13.8. The molecule has 4 aromatic carbocycles. The highest BCUT2D eigenvalue weighted by atomic mass is 32.2. The minimum atomic E-state index is -0.557. The average Bonchev–Trinajstić information content (AvgIpc) is 2.97. The lowest BCUT2D eigenvalue weighted by atomic mass is 9.82. The lowest BCUT2D eigenvalue weighted by Crippen LogP contribution is -2.30. The maximum Gasteiger partial charge on any atom is 0.123 e. The third-order valence-corrected chi connectivity index (χ3v) is 9.15. The van der Waals surface area contributed by atoms with Gasteiger partial charge in [-0.15, -0.1) is 0 Å². The summed E-state index contributed by atoms with van der Waals surface area (Å²) in [6, 6.07) is 31.0. The molecule has 4 aromatic rings. The van der Waals surface area contributed by atoms with E-state index < -0.39 is 4.75 Å². The molecule has 0 radical (unpaired) electrons. The van der Waals surface area contributed by atoms with Crippen molar-refractivity contribution in [2.45, 2.75) is 18.6 Å². The second-order valence-corrected chi connectivity index (χ2v) is 11.7. The van der Waals surface area contributed by atoms with Crippen LogP contribution in [-0.4, -0.2) is 46.3 Å². The fraction of sp³-hybridized carbons (Fsp3) is 0.265. The zero-order valence-corrected chi connectivity index (χ0v) is 25.0. The largest absolute Gasteiger partial charge is 0.378 e.